The van der Waals surface area contributed by atoms with Crippen molar-refractivity contribution < 1.29 is 22.4 Å². The van der Waals surface area contributed by atoms with Crippen LogP contribution in [0.25, 0.3) is 11.8 Å². The van der Waals surface area contributed by atoms with E-state index in [4.69, 9.17) is 11.6 Å². The van der Waals surface area contributed by atoms with Crippen LogP contribution in [0.15, 0.2) is 65.6 Å². The molecule has 40 heavy (non-hydrogen) atoms. The molecule has 0 amide bonds. The van der Waals surface area contributed by atoms with Crippen molar-refractivity contribution in [3.05, 3.63) is 93.9 Å². The van der Waals surface area contributed by atoms with Gasteiger partial charge in [-0.3, -0.25) is 9.78 Å². The molecule has 0 spiro atoms. The summed E-state index contributed by atoms with van der Waals surface area (Å²) in [6, 6.07) is 7.53. The topological polar surface area (TPSA) is 106 Å². The van der Waals surface area contributed by atoms with E-state index in [2.05, 4.69) is 10.1 Å². The average Bonchev–Trinajstić information content (AvgIpc) is 3.35. The van der Waals surface area contributed by atoms with Crippen LogP contribution in [-0.4, -0.2) is 49.5 Å². The number of Topliss-reactive ketones (excluding diaryl/α,β-unsaturated/α-hetero) is 1. The molecule has 1 atom stereocenters. The number of alkyl halides is 3. The summed E-state index contributed by atoms with van der Waals surface area (Å²) >= 11 is 1.29. The lowest BCUT2D eigenvalue weighted by molar-refractivity contribution is -0.137. The van der Waals surface area contributed by atoms with Gasteiger partial charge in [0.15, 0.2) is 5.78 Å². The van der Waals surface area contributed by atoms with Gasteiger partial charge >= 0.3 is 6.18 Å². The maximum atomic E-state index is 14.2. The van der Waals surface area contributed by atoms with Gasteiger partial charge in [0, 0.05) is 32.0 Å². The third kappa shape index (κ3) is 5.11. The number of benzene rings is 1. The molecule has 1 aromatic carbocycles. The van der Waals surface area contributed by atoms with Crippen LogP contribution in [0.3, 0.4) is 0 Å². The summed E-state index contributed by atoms with van der Waals surface area (Å²) in [6.07, 6.45) is 1.94. The van der Waals surface area contributed by atoms with E-state index in [-0.39, 0.29) is 24.5 Å². The van der Waals surface area contributed by atoms with Crippen LogP contribution in [0, 0.1) is 11.2 Å². The van der Waals surface area contributed by atoms with Gasteiger partial charge in [0.25, 0.3) is 0 Å². The van der Waals surface area contributed by atoms with Gasteiger partial charge in [-0.05, 0) is 79.8 Å². The number of rotatable bonds is 7. The Balaban J connectivity index is 1.57. The normalized spacial score (nSPS) is 19.6. The molecule has 210 valence electrons. The lowest BCUT2D eigenvalue weighted by atomic mass is 9.65. The van der Waals surface area contributed by atoms with Gasteiger partial charge in [-0.1, -0.05) is 5.57 Å². The van der Waals surface area contributed by atoms with Gasteiger partial charge in [-0.15, -0.1) is 0 Å². The van der Waals surface area contributed by atoms with Crippen molar-refractivity contribution in [2.24, 2.45) is 17.0 Å². The molecule has 3 aromatic rings. The van der Waals surface area contributed by atoms with Crippen molar-refractivity contribution in [3.63, 3.8) is 0 Å². The molecule has 13 heteroatoms. The number of ketones is 1. The number of pyridine rings is 1. The van der Waals surface area contributed by atoms with Crippen LogP contribution < -0.4 is 11.6 Å². The quantitative estimate of drug-likeness (QED) is 0.140. The Kier molecular flexibility index (Phi) is 7.46. The maximum absolute atomic E-state index is 14.2. The summed E-state index contributed by atoms with van der Waals surface area (Å²) in [6.45, 7) is 3.10. The molecule has 0 saturated carbocycles. The molecule has 1 saturated heterocycles. The predicted octanol–water partition coefficient (Wildman–Crippen LogP) is 4.54. The minimum atomic E-state index is -4.62. The number of hydrogen-bond acceptors (Lipinski definition) is 8. The van der Waals surface area contributed by atoms with Crippen LogP contribution in [0.5, 0.6) is 0 Å². The summed E-state index contributed by atoms with van der Waals surface area (Å²) < 4.78 is 57.7. The molecule has 3 heterocycles. The van der Waals surface area contributed by atoms with Gasteiger partial charge in [0.1, 0.15) is 16.5 Å². The lowest BCUT2D eigenvalue weighted by Gasteiger charge is -2.45. The smallest absolute Gasteiger partial charge is 0.402 e. The van der Waals surface area contributed by atoms with Gasteiger partial charge < -0.3 is 10.7 Å². The Morgan fingerprint density at radius 1 is 1.25 bits per heavy atom. The lowest BCUT2D eigenvalue weighted by Crippen LogP contribution is -2.50. The minimum absolute atomic E-state index is 0.191. The molecule has 8 nitrogen and oxygen atoms in total. The number of fused-ring (bicyclic) bond motifs is 2. The monoisotopic (exact) mass is 573 g/mol. The number of nitrogens with zero attached hydrogens (tertiary/aromatic N) is 5. The van der Waals surface area contributed by atoms with Crippen molar-refractivity contribution >= 4 is 23.8 Å². The van der Waals surface area contributed by atoms with Crippen LogP contribution >= 0.6 is 11.9 Å². The number of carbonyl (C=O) groups is 1. The number of halogens is 4. The van der Waals surface area contributed by atoms with Gasteiger partial charge in [-0.25, -0.2) is 19.2 Å². The molecular formula is C27H27F4N7OS. The number of piperidine rings is 1. The third-order valence-electron chi connectivity index (χ3n) is 7.20. The highest BCUT2D eigenvalue weighted by molar-refractivity contribution is 8.00. The molecule has 1 aliphatic carbocycles. The van der Waals surface area contributed by atoms with E-state index in [9.17, 15) is 22.4 Å². The second-order valence-electron chi connectivity index (χ2n) is 9.62. The Morgan fingerprint density at radius 3 is 2.67 bits per heavy atom. The van der Waals surface area contributed by atoms with E-state index in [0.29, 0.717) is 30.2 Å². The highest BCUT2D eigenvalue weighted by Gasteiger charge is 2.50. The molecule has 0 radical (unpaired) electrons. The van der Waals surface area contributed by atoms with Crippen molar-refractivity contribution in [3.8, 4) is 5.69 Å². The van der Waals surface area contributed by atoms with Gasteiger partial charge in [0.2, 0.25) is 0 Å². The molecule has 5 rings (SSSR count). The average molecular weight is 574 g/mol. The Hall–Kier alpha value is -3.68. The first kappa shape index (κ1) is 27.9. The maximum Gasteiger partial charge on any atom is 0.416 e. The summed E-state index contributed by atoms with van der Waals surface area (Å²) in [5.74, 6) is 5.17. The number of hydrazine groups is 1. The third-order valence-corrected chi connectivity index (χ3v) is 8.32. The Labute approximate surface area is 232 Å². The largest absolute Gasteiger partial charge is 0.416 e. The molecule has 0 bridgehead atoms. The second-order valence-corrected chi connectivity index (χ2v) is 10.7. The van der Waals surface area contributed by atoms with Crippen molar-refractivity contribution in [2.45, 2.75) is 25.9 Å². The SMILES string of the molecule is CCN(N)/C(=C\N)SN1CCC2=Cc3c(cnn3-c3ccc(F)cc3)CC2(C(=O)c2cc(C(F)(F)F)ccn2)C1. The fraction of sp³-hybridized carbons (Fsp3) is 0.296. The van der Waals surface area contributed by atoms with E-state index in [1.807, 2.05) is 17.3 Å². The van der Waals surface area contributed by atoms with Gasteiger partial charge in [-0.2, -0.15) is 18.3 Å². The van der Waals surface area contributed by atoms with Crippen molar-refractivity contribution in [2.75, 3.05) is 19.6 Å². The molecule has 1 unspecified atom stereocenters. The van der Waals surface area contributed by atoms with E-state index in [1.165, 1.54) is 35.3 Å². The van der Waals surface area contributed by atoms with Crippen LogP contribution in [0.1, 0.15) is 40.7 Å². The molecule has 1 fully saturated rings. The zero-order valence-electron chi connectivity index (χ0n) is 21.5. The van der Waals surface area contributed by atoms with Gasteiger partial charge in [0.05, 0.1) is 28.6 Å². The Morgan fingerprint density at radius 2 is 2.00 bits per heavy atom. The first-order valence-corrected chi connectivity index (χ1v) is 13.3. The molecule has 4 N–H and O–H groups in total. The summed E-state index contributed by atoms with van der Waals surface area (Å²) in [7, 11) is 0. The first-order chi connectivity index (χ1) is 19.1. The van der Waals surface area contributed by atoms with Crippen LogP contribution in [-0.2, 0) is 12.6 Å². The summed E-state index contributed by atoms with van der Waals surface area (Å²) in [4.78, 5) is 18.3. The summed E-state index contributed by atoms with van der Waals surface area (Å²) in [5.41, 5.74) is 6.31. The zero-order valence-corrected chi connectivity index (χ0v) is 22.3. The number of carbonyl (C=O) groups excluding carboxylic acids is 1. The molecule has 2 aromatic heterocycles. The van der Waals surface area contributed by atoms with E-state index in [0.717, 1.165) is 35.2 Å². The minimum Gasteiger partial charge on any atom is -0.402 e. The van der Waals surface area contributed by atoms with E-state index in [1.54, 1.807) is 23.0 Å². The fourth-order valence-electron chi connectivity index (χ4n) is 5.12. The fourth-order valence-corrected chi connectivity index (χ4v) is 6.15. The second kappa shape index (κ2) is 10.7. The zero-order chi connectivity index (χ0) is 28.7. The first-order valence-electron chi connectivity index (χ1n) is 12.5. The highest BCUT2D eigenvalue weighted by atomic mass is 32.2. The number of hydrogen-bond donors (Lipinski definition) is 2. The number of aromatic nitrogens is 3. The standard InChI is InChI=1S/C27H27F4N7OS/c1-2-37(33)24(14-32)40-36-10-8-18-12-23-17(15-35-38(23)21-5-3-20(28)4-6-21)13-26(18,16-36)25(39)22-11-19(7-9-34-22)27(29,30)31/h3-7,9,11-12,14-15H,2,8,10,13,16,32-33H2,1H3/b24-14+. The van der Waals surface area contributed by atoms with E-state index >= 15 is 0 Å². The van der Waals surface area contributed by atoms with Crippen molar-refractivity contribution in [1.82, 2.24) is 24.1 Å². The van der Waals surface area contributed by atoms with Crippen molar-refractivity contribution in [1.29, 1.82) is 0 Å². The Bertz CT molecular complexity index is 1480. The molecule has 2 aliphatic rings. The van der Waals surface area contributed by atoms with E-state index < -0.39 is 22.9 Å². The van der Waals surface area contributed by atoms with Crippen LogP contribution in [0.4, 0.5) is 17.6 Å². The molecule has 1 aliphatic heterocycles. The molecular weight excluding hydrogens is 546 g/mol. The van der Waals surface area contributed by atoms with Crippen LogP contribution in [0.2, 0.25) is 0 Å². The predicted molar refractivity (Wildman–Crippen MR) is 144 cm³/mol. The highest BCUT2D eigenvalue weighted by Crippen LogP contribution is 2.48. The number of nitrogens with two attached hydrogens (primary N) is 2. The summed E-state index contributed by atoms with van der Waals surface area (Å²) in [5, 5.41) is 6.54.